The summed E-state index contributed by atoms with van der Waals surface area (Å²) in [6.45, 7) is -1.85. The molecule has 0 heterocycles. The Bertz CT molecular complexity index is 485. The maximum atomic E-state index is 11.7. The van der Waals surface area contributed by atoms with Gasteiger partial charge in [-0.3, -0.25) is 14.4 Å². The second-order valence-corrected chi connectivity index (χ2v) is 4.22. The molecule has 0 saturated carbocycles. The number of carboxylic acid groups (broad SMARTS) is 2. The van der Waals surface area contributed by atoms with Crippen LogP contribution in [-0.4, -0.2) is 52.7 Å². The first-order valence-corrected chi connectivity index (χ1v) is 5.86. The van der Waals surface area contributed by atoms with E-state index in [4.69, 9.17) is 26.6 Å². The zero-order chi connectivity index (χ0) is 15.1. The Morgan fingerprint density at radius 1 is 1.05 bits per heavy atom. The van der Waals surface area contributed by atoms with Gasteiger partial charge in [0.15, 0.2) is 6.61 Å². The molecule has 0 unspecified atom stereocenters. The summed E-state index contributed by atoms with van der Waals surface area (Å²) < 4.78 is 5.13. The number of ether oxygens (including phenoxy) is 1. The van der Waals surface area contributed by atoms with Crippen LogP contribution in [0.3, 0.4) is 0 Å². The van der Waals surface area contributed by atoms with E-state index in [1.165, 1.54) is 12.1 Å². The Morgan fingerprint density at radius 3 is 2.00 bits per heavy atom. The molecule has 0 aliphatic rings. The van der Waals surface area contributed by atoms with Crippen LogP contribution in [0.5, 0.6) is 5.75 Å². The number of nitrogens with zero attached hydrogens (tertiary/aromatic N) is 1. The predicted octanol–water partition coefficient (Wildman–Crippen LogP) is 0.717. The molecule has 1 aromatic rings. The minimum absolute atomic E-state index is 0.369. The second kappa shape index (κ2) is 7.34. The van der Waals surface area contributed by atoms with Gasteiger partial charge in [0.2, 0.25) is 0 Å². The first-order chi connectivity index (χ1) is 9.38. The van der Waals surface area contributed by atoms with Gasteiger partial charge in [0, 0.05) is 5.02 Å². The van der Waals surface area contributed by atoms with Crippen LogP contribution in [-0.2, 0) is 14.4 Å². The monoisotopic (exact) mass is 301 g/mol. The molecule has 1 aromatic carbocycles. The summed E-state index contributed by atoms with van der Waals surface area (Å²) in [5.41, 5.74) is 0. The Morgan fingerprint density at radius 2 is 1.55 bits per heavy atom. The van der Waals surface area contributed by atoms with E-state index in [9.17, 15) is 14.4 Å². The molecule has 7 nitrogen and oxygen atoms in total. The number of carboxylic acids is 2. The normalized spacial score (nSPS) is 9.85. The third-order valence-electron chi connectivity index (χ3n) is 2.18. The summed E-state index contributed by atoms with van der Waals surface area (Å²) in [5, 5.41) is 17.7. The lowest BCUT2D eigenvalue weighted by molar-refractivity contribution is -0.150. The molecule has 2 N–H and O–H groups in total. The van der Waals surface area contributed by atoms with Gasteiger partial charge in [0.05, 0.1) is 0 Å². The van der Waals surface area contributed by atoms with Crippen LogP contribution in [0.4, 0.5) is 0 Å². The van der Waals surface area contributed by atoms with Gasteiger partial charge in [-0.2, -0.15) is 0 Å². The lowest BCUT2D eigenvalue weighted by Gasteiger charge is -2.18. The summed E-state index contributed by atoms with van der Waals surface area (Å²) >= 11 is 5.68. The number of aliphatic carboxylic acids is 2. The first kappa shape index (κ1) is 15.8. The second-order valence-electron chi connectivity index (χ2n) is 3.78. The van der Waals surface area contributed by atoms with Gasteiger partial charge >= 0.3 is 11.9 Å². The zero-order valence-corrected chi connectivity index (χ0v) is 11.0. The van der Waals surface area contributed by atoms with Crippen LogP contribution in [0, 0.1) is 0 Å². The Kier molecular flexibility index (Phi) is 5.79. The van der Waals surface area contributed by atoms with Crippen LogP contribution in [0.1, 0.15) is 0 Å². The van der Waals surface area contributed by atoms with Crippen molar-refractivity contribution < 1.29 is 29.3 Å². The fourth-order valence-electron chi connectivity index (χ4n) is 1.33. The van der Waals surface area contributed by atoms with Crippen LogP contribution in [0.25, 0.3) is 0 Å². The molecule has 8 heteroatoms. The van der Waals surface area contributed by atoms with E-state index < -0.39 is 37.5 Å². The molecule has 0 fully saturated rings. The number of amides is 1. The van der Waals surface area contributed by atoms with Crippen molar-refractivity contribution in [1.29, 1.82) is 0 Å². The molecule has 0 atom stereocenters. The van der Waals surface area contributed by atoms with Crippen LogP contribution >= 0.6 is 11.6 Å². The Balaban J connectivity index is 2.58. The number of rotatable bonds is 7. The topological polar surface area (TPSA) is 104 Å². The van der Waals surface area contributed by atoms with Crippen molar-refractivity contribution in [2.24, 2.45) is 0 Å². The molecule has 108 valence electrons. The van der Waals surface area contributed by atoms with Crippen molar-refractivity contribution in [2.45, 2.75) is 0 Å². The molecular weight excluding hydrogens is 290 g/mol. The number of carbonyl (C=O) groups is 3. The van der Waals surface area contributed by atoms with Gasteiger partial charge in [-0.25, -0.2) is 0 Å². The zero-order valence-electron chi connectivity index (χ0n) is 10.3. The van der Waals surface area contributed by atoms with Crippen LogP contribution < -0.4 is 4.74 Å². The van der Waals surface area contributed by atoms with E-state index in [0.717, 1.165) is 0 Å². The van der Waals surface area contributed by atoms with Crippen molar-refractivity contribution in [3.05, 3.63) is 29.3 Å². The predicted molar refractivity (Wildman–Crippen MR) is 68.8 cm³/mol. The van der Waals surface area contributed by atoms with Crippen molar-refractivity contribution in [3.8, 4) is 5.75 Å². The van der Waals surface area contributed by atoms with Crippen LogP contribution in [0.15, 0.2) is 24.3 Å². The fourth-order valence-corrected chi connectivity index (χ4v) is 1.45. The highest BCUT2D eigenvalue weighted by Gasteiger charge is 2.20. The number of hydrogen-bond donors (Lipinski definition) is 2. The van der Waals surface area contributed by atoms with Gasteiger partial charge in [-0.15, -0.1) is 0 Å². The van der Waals surface area contributed by atoms with E-state index in [2.05, 4.69) is 0 Å². The largest absolute Gasteiger partial charge is 0.484 e. The van der Waals surface area contributed by atoms with Gasteiger partial charge in [-0.1, -0.05) is 11.6 Å². The third kappa shape index (κ3) is 5.57. The minimum Gasteiger partial charge on any atom is -0.484 e. The molecule has 0 aromatic heterocycles. The van der Waals surface area contributed by atoms with E-state index in [-0.39, 0.29) is 0 Å². The molecule has 0 radical (unpaired) electrons. The first-order valence-electron chi connectivity index (χ1n) is 5.48. The molecule has 0 spiro atoms. The van der Waals surface area contributed by atoms with Crippen molar-refractivity contribution in [3.63, 3.8) is 0 Å². The lowest BCUT2D eigenvalue weighted by Crippen LogP contribution is -2.41. The molecule has 0 aliphatic heterocycles. The van der Waals surface area contributed by atoms with Gasteiger partial charge in [0.1, 0.15) is 18.8 Å². The highest BCUT2D eigenvalue weighted by molar-refractivity contribution is 6.30. The number of carbonyl (C=O) groups excluding carboxylic acids is 1. The summed E-state index contributed by atoms with van der Waals surface area (Å²) in [6, 6.07) is 6.20. The maximum Gasteiger partial charge on any atom is 0.323 e. The van der Waals surface area contributed by atoms with Gasteiger partial charge in [0.25, 0.3) is 5.91 Å². The van der Waals surface area contributed by atoms with E-state index in [0.29, 0.717) is 15.7 Å². The highest BCUT2D eigenvalue weighted by atomic mass is 35.5. The van der Waals surface area contributed by atoms with Crippen molar-refractivity contribution in [2.75, 3.05) is 19.7 Å². The summed E-state index contributed by atoms with van der Waals surface area (Å²) in [6.07, 6.45) is 0. The summed E-state index contributed by atoms with van der Waals surface area (Å²) in [5.74, 6) is -2.96. The maximum absolute atomic E-state index is 11.7. The van der Waals surface area contributed by atoms with Gasteiger partial charge < -0.3 is 19.8 Å². The van der Waals surface area contributed by atoms with Crippen molar-refractivity contribution in [1.82, 2.24) is 4.90 Å². The standard InChI is InChI=1S/C12H12ClNO6/c13-8-1-3-9(4-2-8)20-7-10(15)14(5-11(16)17)6-12(18)19/h1-4H,5-7H2,(H,16,17)(H,18,19). The van der Waals surface area contributed by atoms with Crippen LogP contribution in [0.2, 0.25) is 5.02 Å². The molecule has 1 rings (SSSR count). The molecule has 1 amide bonds. The molecule has 0 aliphatic carbocycles. The average Bonchev–Trinajstić information content (AvgIpc) is 2.36. The number of benzene rings is 1. The van der Waals surface area contributed by atoms with E-state index in [1.54, 1.807) is 12.1 Å². The molecule has 20 heavy (non-hydrogen) atoms. The van der Waals surface area contributed by atoms with E-state index >= 15 is 0 Å². The van der Waals surface area contributed by atoms with Gasteiger partial charge in [-0.05, 0) is 24.3 Å². The third-order valence-corrected chi connectivity index (χ3v) is 2.43. The smallest absolute Gasteiger partial charge is 0.323 e. The lowest BCUT2D eigenvalue weighted by atomic mass is 10.3. The fraction of sp³-hybridized carbons (Fsp3) is 0.250. The van der Waals surface area contributed by atoms with Crippen molar-refractivity contribution >= 4 is 29.4 Å². The number of hydrogen-bond acceptors (Lipinski definition) is 4. The summed E-state index contributed by atoms with van der Waals surface area (Å²) in [7, 11) is 0. The Labute approximate surface area is 119 Å². The average molecular weight is 302 g/mol. The molecule has 0 saturated heterocycles. The summed E-state index contributed by atoms with van der Waals surface area (Å²) in [4.78, 5) is 33.5. The molecule has 0 bridgehead atoms. The SMILES string of the molecule is O=C(O)CN(CC(=O)O)C(=O)COc1ccc(Cl)cc1. The minimum atomic E-state index is -1.30. The molecular formula is C12H12ClNO6. The Hall–Kier alpha value is -2.28. The quantitative estimate of drug-likeness (QED) is 0.769. The van der Waals surface area contributed by atoms with E-state index in [1.807, 2.05) is 0 Å². The highest BCUT2D eigenvalue weighted by Crippen LogP contribution is 2.15. The number of halogens is 1.